The molecule has 0 atom stereocenters. The van der Waals surface area contributed by atoms with E-state index < -0.39 is 0 Å². The van der Waals surface area contributed by atoms with Gasteiger partial charge in [-0.25, -0.2) is 9.78 Å². The van der Waals surface area contributed by atoms with Gasteiger partial charge in [-0.2, -0.15) is 0 Å². The van der Waals surface area contributed by atoms with Gasteiger partial charge in [0.15, 0.2) is 0 Å². The third-order valence-electron chi connectivity index (χ3n) is 4.26. The van der Waals surface area contributed by atoms with Crippen molar-refractivity contribution in [1.29, 1.82) is 0 Å². The summed E-state index contributed by atoms with van der Waals surface area (Å²) in [6, 6.07) is 7.53. The Labute approximate surface area is 142 Å². The molecule has 0 unspecified atom stereocenters. The molecular formula is C18H23N3O3. The molecule has 1 aliphatic rings. The molecule has 6 heteroatoms. The SMILES string of the molecule is COC(=O)c1cccc(Cn2ccnc2CCN2CCOCC2)c1. The highest BCUT2D eigenvalue weighted by Crippen LogP contribution is 2.11. The minimum atomic E-state index is -0.310. The average molecular weight is 329 g/mol. The van der Waals surface area contributed by atoms with Gasteiger partial charge in [0.25, 0.3) is 0 Å². The van der Waals surface area contributed by atoms with Crippen LogP contribution in [0.15, 0.2) is 36.7 Å². The topological polar surface area (TPSA) is 56.6 Å². The Balaban J connectivity index is 1.63. The molecule has 0 bridgehead atoms. The van der Waals surface area contributed by atoms with E-state index in [2.05, 4.69) is 14.5 Å². The number of morpholine rings is 1. The van der Waals surface area contributed by atoms with E-state index in [9.17, 15) is 4.79 Å². The molecule has 1 saturated heterocycles. The molecule has 0 radical (unpaired) electrons. The summed E-state index contributed by atoms with van der Waals surface area (Å²) in [6.45, 7) is 5.29. The van der Waals surface area contributed by atoms with E-state index in [1.165, 1.54) is 7.11 Å². The van der Waals surface area contributed by atoms with Crippen LogP contribution < -0.4 is 0 Å². The number of hydrogen-bond acceptors (Lipinski definition) is 5. The largest absolute Gasteiger partial charge is 0.465 e. The Morgan fingerprint density at radius 3 is 2.96 bits per heavy atom. The molecule has 2 aromatic rings. The number of carbonyl (C=O) groups excluding carboxylic acids is 1. The van der Waals surface area contributed by atoms with E-state index in [1.807, 2.05) is 30.6 Å². The quantitative estimate of drug-likeness (QED) is 0.754. The lowest BCUT2D eigenvalue weighted by atomic mass is 10.1. The molecule has 0 amide bonds. The summed E-state index contributed by atoms with van der Waals surface area (Å²) in [4.78, 5) is 18.5. The second-order valence-corrected chi connectivity index (χ2v) is 5.87. The van der Waals surface area contributed by atoms with Crippen LogP contribution in [0.25, 0.3) is 0 Å². The van der Waals surface area contributed by atoms with Crippen LogP contribution in [0.4, 0.5) is 0 Å². The first-order valence-corrected chi connectivity index (χ1v) is 8.23. The molecule has 128 valence electrons. The molecule has 2 heterocycles. The van der Waals surface area contributed by atoms with Crippen molar-refractivity contribution in [3.8, 4) is 0 Å². The van der Waals surface area contributed by atoms with Crippen LogP contribution in [0.2, 0.25) is 0 Å². The van der Waals surface area contributed by atoms with Crippen LogP contribution in [0.5, 0.6) is 0 Å². The maximum absolute atomic E-state index is 11.7. The molecule has 0 saturated carbocycles. The van der Waals surface area contributed by atoms with E-state index in [-0.39, 0.29) is 5.97 Å². The number of rotatable bonds is 6. The van der Waals surface area contributed by atoms with E-state index in [0.29, 0.717) is 12.1 Å². The highest BCUT2D eigenvalue weighted by molar-refractivity contribution is 5.89. The summed E-state index contributed by atoms with van der Waals surface area (Å²) < 4.78 is 12.3. The van der Waals surface area contributed by atoms with E-state index in [1.54, 1.807) is 6.07 Å². The molecule has 1 fully saturated rings. The van der Waals surface area contributed by atoms with Crippen LogP contribution in [0, 0.1) is 0 Å². The number of esters is 1. The predicted molar refractivity (Wildman–Crippen MR) is 90.1 cm³/mol. The molecule has 24 heavy (non-hydrogen) atoms. The minimum Gasteiger partial charge on any atom is -0.465 e. The molecule has 0 N–H and O–H groups in total. The first kappa shape index (κ1) is 16.7. The summed E-state index contributed by atoms with van der Waals surface area (Å²) in [5.41, 5.74) is 1.63. The predicted octanol–water partition coefficient (Wildman–Crippen LogP) is 1.59. The maximum Gasteiger partial charge on any atom is 0.337 e. The Hall–Kier alpha value is -2.18. The summed E-state index contributed by atoms with van der Waals surface area (Å²) in [5.74, 6) is 0.750. The zero-order chi connectivity index (χ0) is 16.8. The monoisotopic (exact) mass is 329 g/mol. The van der Waals surface area contributed by atoms with Crippen molar-refractivity contribution in [2.24, 2.45) is 0 Å². The molecule has 6 nitrogen and oxygen atoms in total. The highest BCUT2D eigenvalue weighted by Gasteiger charge is 2.12. The first-order valence-electron chi connectivity index (χ1n) is 8.23. The number of aromatic nitrogens is 2. The number of imidazole rings is 1. The summed E-state index contributed by atoms with van der Waals surface area (Å²) >= 11 is 0. The van der Waals surface area contributed by atoms with Gasteiger partial charge in [0.05, 0.1) is 25.9 Å². The van der Waals surface area contributed by atoms with Crippen LogP contribution in [-0.4, -0.2) is 60.4 Å². The molecule has 3 rings (SSSR count). The molecule has 0 spiro atoms. The van der Waals surface area contributed by atoms with E-state index in [0.717, 1.165) is 50.7 Å². The van der Waals surface area contributed by atoms with Gasteiger partial charge >= 0.3 is 5.97 Å². The van der Waals surface area contributed by atoms with E-state index >= 15 is 0 Å². The van der Waals surface area contributed by atoms with Crippen LogP contribution in [0.3, 0.4) is 0 Å². The Morgan fingerprint density at radius 2 is 2.17 bits per heavy atom. The van der Waals surface area contributed by atoms with Crippen molar-refractivity contribution in [2.45, 2.75) is 13.0 Å². The number of carbonyl (C=O) groups is 1. The van der Waals surface area contributed by atoms with Crippen LogP contribution in [-0.2, 0) is 22.4 Å². The number of hydrogen-bond donors (Lipinski definition) is 0. The third kappa shape index (κ3) is 4.21. The number of methoxy groups -OCH3 is 1. The van der Waals surface area contributed by atoms with Crippen molar-refractivity contribution in [3.05, 3.63) is 53.6 Å². The van der Waals surface area contributed by atoms with Gasteiger partial charge in [0.2, 0.25) is 0 Å². The zero-order valence-corrected chi connectivity index (χ0v) is 14.0. The normalized spacial score (nSPS) is 15.4. The van der Waals surface area contributed by atoms with E-state index in [4.69, 9.17) is 9.47 Å². The zero-order valence-electron chi connectivity index (χ0n) is 14.0. The number of nitrogens with zero attached hydrogens (tertiary/aromatic N) is 3. The highest BCUT2D eigenvalue weighted by atomic mass is 16.5. The molecule has 1 aliphatic heterocycles. The standard InChI is InChI=1S/C18H23N3O3/c1-23-18(22)16-4-2-3-15(13-16)14-21-8-6-19-17(21)5-7-20-9-11-24-12-10-20/h2-4,6,8,13H,5,7,9-12,14H2,1H3. The minimum absolute atomic E-state index is 0.310. The van der Waals surface area contributed by atoms with Gasteiger partial charge in [-0.05, 0) is 17.7 Å². The molecule has 1 aromatic heterocycles. The molecular weight excluding hydrogens is 306 g/mol. The smallest absolute Gasteiger partial charge is 0.337 e. The van der Waals surface area contributed by atoms with Gasteiger partial charge in [-0.15, -0.1) is 0 Å². The van der Waals surface area contributed by atoms with Crippen molar-refractivity contribution >= 4 is 5.97 Å². The second-order valence-electron chi connectivity index (χ2n) is 5.87. The summed E-state index contributed by atoms with van der Waals surface area (Å²) in [7, 11) is 1.40. The Kier molecular flexibility index (Phi) is 5.61. The van der Waals surface area contributed by atoms with Gasteiger partial charge in [-0.1, -0.05) is 12.1 Å². The van der Waals surface area contributed by atoms with Gasteiger partial charge in [0.1, 0.15) is 5.82 Å². The Bertz CT molecular complexity index is 678. The number of ether oxygens (including phenoxy) is 2. The van der Waals surface area contributed by atoms with Gasteiger partial charge in [-0.3, -0.25) is 4.90 Å². The lowest BCUT2D eigenvalue weighted by molar-refractivity contribution is 0.0381. The maximum atomic E-state index is 11.7. The number of benzene rings is 1. The van der Waals surface area contributed by atoms with Gasteiger partial charge in [0, 0.05) is 45.0 Å². The first-order chi connectivity index (χ1) is 11.8. The van der Waals surface area contributed by atoms with Crippen LogP contribution in [0.1, 0.15) is 21.7 Å². The Morgan fingerprint density at radius 1 is 1.33 bits per heavy atom. The van der Waals surface area contributed by atoms with Crippen molar-refractivity contribution in [2.75, 3.05) is 40.0 Å². The summed E-state index contributed by atoms with van der Waals surface area (Å²) in [6.07, 6.45) is 4.72. The summed E-state index contributed by atoms with van der Waals surface area (Å²) in [5, 5.41) is 0. The van der Waals surface area contributed by atoms with Crippen molar-refractivity contribution in [3.63, 3.8) is 0 Å². The third-order valence-corrected chi connectivity index (χ3v) is 4.26. The fraction of sp³-hybridized carbons (Fsp3) is 0.444. The average Bonchev–Trinajstić information content (AvgIpc) is 3.07. The van der Waals surface area contributed by atoms with Crippen LogP contribution >= 0.6 is 0 Å². The molecule has 1 aromatic carbocycles. The van der Waals surface area contributed by atoms with Crippen molar-refractivity contribution < 1.29 is 14.3 Å². The molecule has 0 aliphatic carbocycles. The fourth-order valence-corrected chi connectivity index (χ4v) is 2.91. The lowest BCUT2D eigenvalue weighted by Gasteiger charge is -2.26. The fourth-order valence-electron chi connectivity index (χ4n) is 2.91. The second kappa shape index (κ2) is 8.08. The lowest BCUT2D eigenvalue weighted by Crippen LogP contribution is -2.37. The van der Waals surface area contributed by atoms with Gasteiger partial charge < -0.3 is 14.0 Å². The van der Waals surface area contributed by atoms with Crippen molar-refractivity contribution in [1.82, 2.24) is 14.5 Å².